The maximum Gasteiger partial charge on any atom is 0.239 e. The van der Waals surface area contributed by atoms with Crippen LogP contribution in [-0.4, -0.2) is 51.0 Å². The van der Waals surface area contributed by atoms with Gasteiger partial charge in [-0.25, -0.2) is 15.0 Å². The fourth-order valence-electron chi connectivity index (χ4n) is 3.20. The third-order valence-corrected chi connectivity index (χ3v) is 6.49. The summed E-state index contributed by atoms with van der Waals surface area (Å²) in [7, 11) is -1.17. The fourth-order valence-corrected chi connectivity index (χ4v) is 4.60. The van der Waals surface area contributed by atoms with Crippen molar-refractivity contribution in [3.05, 3.63) is 42.2 Å². The first-order valence-corrected chi connectivity index (χ1v) is 11.9. The van der Waals surface area contributed by atoms with Gasteiger partial charge < -0.3 is 15.5 Å². The minimum atomic E-state index is -1.17. The first-order valence-electron chi connectivity index (χ1n) is 9.51. The van der Waals surface area contributed by atoms with E-state index in [0.29, 0.717) is 24.1 Å². The Morgan fingerprint density at radius 1 is 1.27 bits per heavy atom. The van der Waals surface area contributed by atoms with E-state index in [-0.39, 0.29) is 5.91 Å². The van der Waals surface area contributed by atoms with Gasteiger partial charge in [-0.2, -0.15) is 0 Å². The molecular formula is C20H22N6O2S2. The Bertz CT molecular complexity index is 1100. The third-order valence-electron chi connectivity index (χ3n) is 4.57. The van der Waals surface area contributed by atoms with Crippen LogP contribution < -0.4 is 15.5 Å². The summed E-state index contributed by atoms with van der Waals surface area (Å²) in [6.45, 7) is 3.86. The number of anilines is 3. The first kappa shape index (κ1) is 20.4. The molecule has 1 aliphatic rings. The van der Waals surface area contributed by atoms with Gasteiger partial charge in [-0.05, 0) is 42.7 Å². The number of aryl methyl sites for hydroxylation is 1. The van der Waals surface area contributed by atoms with Crippen LogP contribution in [0.4, 0.5) is 16.8 Å². The Morgan fingerprint density at radius 3 is 2.97 bits per heavy atom. The molecule has 1 aromatic carbocycles. The Kier molecular flexibility index (Phi) is 6.05. The van der Waals surface area contributed by atoms with Crippen molar-refractivity contribution in [3.63, 3.8) is 0 Å². The van der Waals surface area contributed by atoms with E-state index in [1.54, 1.807) is 29.9 Å². The van der Waals surface area contributed by atoms with Crippen LogP contribution in [0, 0.1) is 6.92 Å². The molecule has 1 amide bonds. The molecule has 1 unspecified atom stereocenters. The minimum absolute atomic E-state index is 0.0292. The number of carbonyl (C=O) groups is 1. The zero-order valence-electron chi connectivity index (χ0n) is 16.7. The Labute approximate surface area is 181 Å². The lowest BCUT2D eigenvalue weighted by atomic mass is 10.1. The van der Waals surface area contributed by atoms with Crippen molar-refractivity contribution in [3.8, 4) is 10.4 Å². The van der Waals surface area contributed by atoms with E-state index in [0.717, 1.165) is 39.8 Å². The van der Waals surface area contributed by atoms with E-state index in [1.807, 2.05) is 30.2 Å². The van der Waals surface area contributed by atoms with Crippen molar-refractivity contribution in [2.75, 3.05) is 36.1 Å². The summed E-state index contributed by atoms with van der Waals surface area (Å²) in [5, 5.41) is 7.41. The van der Waals surface area contributed by atoms with E-state index in [1.165, 1.54) is 0 Å². The van der Waals surface area contributed by atoms with Gasteiger partial charge in [-0.15, -0.1) is 0 Å². The Balaban J connectivity index is 1.58. The molecule has 2 N–H and O–H groups in total. The molecule has 3 aromatic rings. The SMILES string of the molecule is Cc1cc(Nc2nccc(S(C)=O)n2)cc(-c2cnc(N3CCCNC(=O)C3)s2)c1. The third kappa shape index (κ3) is 4.82. The molecule has 1 aliphatic heterocycles. The van der Waals surface area contributed by atoms with Gasteiger partial charge in [0, 0.05) is 37.4 Å². The van der Waals surface area contributed by atoms with Crippen molar-refractivity contribution < 1.29 is 9.00 Å². The van der Waals surface area contributed by atoms with Crippen LogP contribution in [0.1, 0.15) is 12.0 Å². The highest BCUT2D eigenvalue weighted by Crippen LogP contribution is 2.33. The molecule has 30 heavy (non-hydrogen) atoms. The molecule has 3 heterocycles. The molecule has 2 aromatic heterocycles. The number of aromatic nitrogens is 3. The molecule has 10 heteroatoms. The van der Waals surface area contributed by atoms with Crippen LogP contribution >= 0.6 is 11.3 Å². The molecule has 0 bridgehead atoms. The molecule has 1 atom stereocenters. The molecule has 0 aliphatic carbocycles. The van der Waals surface area contributed by atoms with E-state index >= 15 is 0 Å². The average molecular weight is 443 g/mol. The Morgan fingerprint density at radius 2 is 2.13 bits per heavy atom. The predicted octanol–water partition coefficient (Wildman–Crippen LogP) is 2.72. The number of nitrogens with one attached hydrogen (secondary N) is 2. The number of hydrogen-bond acceptors (Lipinski definition) is 8. The first-order chi connectivity index (χ1) is 14.5. The number of hydrogen-bond donors (Lipinski definition) is 2. The van der Waals surface area contributed by atoms with Crippen LogP contribution in [0.25, 0.3) is 10.4 Å². The number of nitrogens with zero attached hydrogens (tertiary/aromatic N) is 4. The molecule has 8 nitrogen and oxygen atoms in total. The second-order valence-electron chi connectivity index (χ2n) is 7.02. The van der Waals surface area contributed by atoms with Crippen molar-refractivity contribution in [1.82, 2.24) is 20.3 Å². The number of thiazole rings is 1. The highest BCUT2D eigenvalue weighted by atomic mass is 32.2. The monoisotopic (exact) mass is 442 g/mol. The van der Waals surface area contributed by atoms with E-state index in [2.05, 4.69) is 31.7 Å². The molecule has 0 spiro atoms. The molecule has 0 saturated carbocycles. The average Bonchev–Trinajstić information content (AvgIpc) is 3.10. The van der Waals surface area contributed by atoms with Gasteiger partial charge in [0.05, 0.1) is 22.2 Å². The lowest BCUT2D eigenvalue weighted by molar-refractivity contribution is -0.119. The second kappa shape index (κ2) is 8.88. The molecule has 4 rings (SSSR count). The van der Waals surface area contributed by atoms with E-state index in [9.17, 15) is 9.00 Å². The maximum atomic E-state index is 11.9. The molecule has 1 saturated heterocycles. The zero-order valence-corrected chi connectivity index (χ0v) is 18.3. The van der Waals surface area contributed by atoms with Crippen LogP contribution in [-0.2, 0) is 15.6 Å². The predicted molar refractivity (Wildman–Crippen MR) is 120 cm³/mol. The smallest absolute Gasteiger partial charge is 0.239 e. The molecule has 1 fully saturated rings. The lowest BCUT2D eigenvalue weighted by Crippen LogP contribution is -2.32. The maximum absolute atomic E-state index is 11.9. The van der Waals surface area contributed by atoms with Gasteiger partial charge in [0.1, 0.15) is 5.03 Å². The van der Waals surface area contributed by atoms with Crippen molar-refractivity contribution >= 4 is 44.8 Å². The quantitative estimate of drug-likeness (QED) is 0.586. The molecular weight excluding hydrogens is 420 g/mol. The van der Waals surface area contributed by atoms with Crippen LogP contribution in [0.15, 0.2) is 41.7 Å². The van der Waals surface area contributed by atoms with E-state index in [4.69, 9.17) is 0 Å². The van der Waals surface area contributed by atoms with Crippen molar-refractivity contribution in [1.29, 1.82) is 0 Å². The summed E-state index contributed by atoms with van der Waals surface area (Å²) < 4.78 is 11.7. The van der Waals surface area contributed by atoms with Gasteiger partial charge in [0.25, 0.3) is 0 Å². The number of rotatable bonds is 5. The van der Waals surface area contributed by atoms with Gasteiger partial charge in [-0.1, -0.05) is 17.4 Å². The van der Waals surface area contributed by atoms with Crippen LogP contribution in [0.5, 0.6) is 0 Å². The molecule has 0 radical (unpaired) electrons. The minimum Gasteiger partial charge on any atom is -0.354 e. The van der Waals surface area contributed by atoms with Gasteiger partial charge in [0.2, 0.25) is 11.9 Å². The highest BCUT2D eigenvalue weighted by Gasteiger charge is 2.18. The summed E-state index contributed by atoms with van der Waals surface area (Å²) in [6, 6.07) is 7.75. The summed E-state index contributed by atoms with van der Waals surface area (Å²) >= 11 is 1.57. The summed E-state index contributed by atoms with van der Waals surface area (Å²) in [5.41, 5.74) is 2.94. The Hall–Kier alpha value is -2.85. The van der Waals surface area contributed by atoms with Gasteiger partial charge in [0.15, 0.2) is 5.13 Å². The standard InChI is InChI=1S/C20H22N6O2S2/c1-13-8-14(10-15(9-13)24-19-22-6-4-18(25-19)30(2)28)16-11-23-20(29-16)26-7-3-5-21-17(27)12-26/h4,6,8-11H,3,5,7,12H2,1-2H3,(H,21,27)(H,22,24,25). The van der Waals surface area contributed by atoms with Gasteiger partial charge >= 0.3 is 0 Å². The van der Waals surface area contributed by atoms with E-state index < -0.39 is 10.8 Å². The number of amides is 1. The number of carbonyl (C=O) groups excluding carboxylic acids is 1. The van der Waals surface area contributed by atoms with Crippen LogP contribution in [0.2, 0.25) is 0 Å². The zero-order chi connectivity index (χ0) is 21.1. The van der Waals surface area contributed by atoms with Crippen LogP contribution in [0.3, 0.4) is 0 Å². The normalized spacial score (nSPS) is 15.4. The number of benzene rings is 1. The van der Waals surface area contributed by atoms with Gasteiger partial charge in [-0.3, -0.25) is 9.00 Å². The second-order valence-corrected chi connectivity index (χ2v) is 9.35. The fraction of sp³-hybridized carbons (Fsp3) is 0.300. The largest absolute Gasteiger partial charge is 0.354 e. The van der Waals surface area contributed by atoms with Crippen molar-refractivity contribution in [2.24, 2.45) is 0 Å². The summed E-state index contributed by atoms with van der Waals surface area (Å²) in [4.78, 5) is 28.0. The summed E-state index contributed by atoms with van der Waals surface area (Å²) in [6.07, 6.45) is 5.93. The van der Waals surface area contributed by atoms with Crippen molar-refractivity contribution in [2.45, 2.75) is 18.4 Å². The molecule has 156 valence electrons. The topological polar surface area (TPSA) is 100 Å². The lowest BCUT2D eigenvalue weighted by Gasteiger charge is -2.17. The highest BCUT2D eigenvalue weighted by molar-refractivity contribution is 7.84. The summed E-state index contributed by atoms with van der Waals surface area (Å²) in [5.74, 6) is 0.432.